The van der Waals surface area contributed by atoms with Crippen LogP contribution in [0.2, 0.25) is 0 Å². The van der Waals surface area contributed by atoms with E-state index in [0.29, 0.717) is 6.04 Å². The molecule has 2 aromatic rings. The van der Waals surface area contributed by atoms with Gasteiger partial charge in [-0.15, -0.1) is 34.2 Å². The maximum atomic E-state index is 4.72. The highest BCUT2D eigenvalue weighted by atomic mass is 127. The molecule has 0 aliphatic rings. The quantitative estimate of drug-likeness (QED) is 0.228. The summed E-state index contributed by atoms with van der Waals surface area (Å²) in [5.41, 5.74) is 1.24. The number of aromatic nitrogens is 3. The van der Waals surface area contributed by atoms with E-state index in [1.807, 2.05) is 6.07 Å². The van der Waals surface area contributed by atoms with E-state index < -0.39 is 0 Å². The number of hydrogen-bond donors (Lipinski definition) is 2. The van der Waals surface area contributed by atoms with E-state index in [9.17, 15) is 0 Å². The summed E-state index contributed by atoms with van der Waals surface area (Å²) < 4.78 is 2.08. The Labute approximate surface area is 186 Å². The smallest absolute Gasteiger partial charge is 0.191 e. The summed E-state index contributed by atoms with van der Waals surface area (Å²) in [5, 5.41) is 14.9. The standard InChI is InChI=1S/C20H33N7.HI/c1-5-19-25-23-16-27(19)15-13-22-20(24-17(2)3)21-12-9-14-26(4)18-10-7-6-8-11-18;/h6-8,10-11,16-17H,5,9,12-15H2,1-4H3,(H2,21,22,24);1H. The van der Waals surface area contributed by atoms with E-state index in [0.717, 1.165) is 50.8 Å². The van der Waals surface area contributed by atoms with Crippen molar-refractivity contribution in [3.63, 3.8) is 0 Å². The molecule has 0 aliphatic heterocycles. The van der Waals surface area contributed by atoms with Crippen molar-refractivity contribution in [1.82, 2.24) is 25.4 Å². The zero-order valence-corrected chi connectivity index (χ0v) is 19.8. The molecule has 28 heavy (non-hydrogen) atoms. The molecule has 7 nitrogen and oxygen atoms in total. The first kappa shape index (κ1) is 24.2. The first-order chi connectivity index (χ1) is 13.1. The average molecular weight is 499 g/mol. The second kappa shape index (κ2) is 13.4. The summed E-state index contributed by atoms with van der Waals surface area (Å²) in [6.45, 7) is 9.70. The SMILES string of the molecule is CCc1nncn1CCNC(=NCCCN(C)c1ccccc1)NC(C)C.I. The molecule has 1 aromatic heterocycles. The lowest BCUT2D eigenvalue weighted by molar-refractivity contribution is 0.621. The maximum absolute atomic E-state index is 4.72. The molecule has 1 heterocycles. The lowest BCUT2D eigenvalue weighted by Gasteiger charge is -2.19. The fraction of sp³-hybridized carbons (Fsp3) is 0.550. The predicted molar refractivity (Wildman–Crippen MR) is 128 cm³/mol. The molecule has 0 spiro atoms. The molecule has 0 bridgehead atoms. The molecule has 0 fully saturated rings. The van der Waals surface area contributed by atoms with Crippen molar-refractivity contribution in [3.8, 4) is 0 Å². The Balaban J connectivity index is 0.00000392. The number of aryl methyl sites for hydroxylation is 1. The highest BCUT2D eigenvalue weighted by Gasteiger charge is 2.04. The first-order valence-corrected chi connectivity index (χ1v) is 9.77. The molecule has 156 valence electrons. The average Bonchev–Trinajstić information content (AvgIpc) is 3.12. The highest BCUT2D eigenvalue weighted by Crippen LogP contribution is 2.10. The molecule has 0 amide bonds. The van der Waals surface area contributed by atoms with E-state index in [1.54, 1.807) is 6.33 Å². The van der Waals surface area contributed by atoms with Crippen LogP contribution >= 0.6 is 24.0 Å². The number of aliphatic imine (C=N–C) groups is 1. The summed E-state index contributed by atoms with van der Waals surface area (Å²) in [7, 11) is 2.12. The lowest BCUT2D eigenvalue weighted by Crippen LogP contribution is -2.42. The van der Waals surface area contributed by atoms with Crippen molar-refractivity contribution in [2.24, 2.45) is 4.99 Å². The van der Waals surface area contributed by atoms with Crippen LogP contribution < -0.4 is 15.5 Å². The van der Waals surface area contributed by atoms with Crippen LogP contribution in [-0.4, -0.2) is 53.4 Å². The topological polar surface area (TPSA) is 70.4 Å². The van der Waals surface area contributed by atoms with Crippen LogP contribution in [0.1, 0.15) is 33.0 Å². The van der Waals surface area contributed by atoms with Gasteiger partial charge in [0.05, 0.1) is 0 Å². The third-order valence-electron chi connectivity index (χ3n) is 4.20. The van der Waals surface area contributed by atoms with Crippen molar-refractivity contribution >= 4 is 35.6 Å². The number of hydrogen-bond acceptors (Lipinski definition) is 4. The Morgan fingerprint density at radius 2 is 2.00 bits per heavy atom. The van der Waals surface area contributed by atoms with Crippen molar-refractivity contribution in [2.45, 2.75) is 46.2 Å². The van der Waals surface area contributed by atoms with Crippen LogP contribution in [0.5, 0.6) is 0 Å². The van der Waals surface area contributed by atoms with Crippen LogP contribution in [0, 0.1) is 0 Å². The van der Waals surface area contributed by atoms with Crippen molar-refractivity contribution < 1.29 is 0 Å². The minimum absolute atomic E-state index is 0. The summed E-state index contributed by atoms with van der Waals surface area (Å²) in [5.74, 6) is 1.87. The van der Waals surface area contributed by atoms with Crippen molar-refractivity contribution in [2.75, 3.05) is 31.6 Å². The van der Waals surface area contributed by atoms with Gasteiger partial charge in [-0.3, -0.25) is 4.99 Å². The molecule has 1 aromatic carbocycles. The van der Waals surface area contributed by atoms with Gasteiger partial charge in [0, 0.05) is 51.4 Å². The van der Waals surface area contributed by atoms with Crippen LogP contribution in [0.15, 0.2) is 41.7 Å². The van der Waals surface area contributed by atoms with E-state index in [-0.39, 0.29) is 24.0 Å². The van der Waals surface area contributed by atoms with E-state index >= 15 is 0 Å². The predicted octanol–water partition coefficient (Wildman–Crippen LogP) is 2.93. The lowest BCUT2D eigenvalue weighted by atomic mass is 10.3. The molecule has 0 aliphatic carbocycles. The van der Waals surface area contributed by atoms with Crippen molar-refractivity contribution in [1.29, 1.82) is 0 Å². The number of rotatable bonds is 10. The minimum atomic E-state index is 0. The zero-order chi connectivity index (χ0) is 19.5. The van der Waals surface area contributed by atoms with Gasteiger partial charge in [0.1, 0.15) is 12.2 Å². The molecule has 2 N–H and O–H groups in total. The number of benzene rings is 1. The van der Waals surface area contributed by atoms with Crippen LogP contribution in [0.25, 0.3) is 0 Å². The molecular formula is C20H34IN7. The molecule has 0 unspecified atom stereocenters. The molecule has 0 radical (unpaired) electrons. The highest BCUT2D eigenvalue weighted by molar-refractivity contribution is 14.0. The number of para-hydroxylation sites is 1. The van der Waals surface area contributed by atoms with Crippen LogP contribution in [0.4, 0.5) is 5.69 Å². The van der Waals surface area contributed by atoms with Gasteiger partial charge < -0.3 is 20.1 Å². The van der Waals surface area contributed by atoms with Crippen LogP contribution in [-0.2, 0) is 13.0 Å². The van der Waals surface area contributed by atoms with Gasteiger partial charge in [-0.1, -0.05) is 25.1 Å². The summed E-state index contributed by atoms with van der Waals surface area (Å²) in [4.78, 5) is 6.98. The number of guanidine groups is 1. The monoisotopic (exact) mass is 499 g/mol. The third kappa shape index (κ3) is 8.45. The van der Waals surface area contributed by atoms with Crippen molar-refractivity contribution in [3.05, 3.63) is 42.5 Å². The van der Waals surface area contributed by atoms with Gasteiger partial charge in [-0.25, -0.2) is 0 Å². The molecule has 0 saturated heterocycles. The van der Waals surface area contributed by atoms with E-state index in [4.69, 9.17) is 4.99 Å². The van der Waals surface area contributed by atoms with Gasteiger partial charge >= 0.3 is 0 Å². The van der Waals surface area contributed by atoms with Gasteiger partial charge in [0.15, 0.2) is 5.96 Å². The van der Waals surface area contributed by atoms with E-state index in [2.05, 4.69) is 82.4 Å². The second-order valence-corrected chi connectivity index (χ2v) is 6.86. The zero-order valence-electron chi connectivity index (χ0n) is 17.4. The summed E-state index contributed by atoms with van der Waals surface area (Å²) in [6.07, 6.45) is 3.68. The molecular weight excluding hydrogens is 465 g/mol. The Morgan fingerprint density at radius 1 is 1.25 bits per heavy atom. The summed E-state index contributed by atoms with van der Waals surface area (Å²) in [6, 6.07) is 10.8. The van der Waals surface area contributed by atoms with E-state index in [1.165, 1.54) is 5.69 Å². The Bertz CT molecular complexity index is 685. The molecule has 0 atom stereocenters. The third-order valence-corrected chi connectivity index (χ3v) is 4.20. The number of nitrogens with one attached hydrogen (secondary N) is 2. The maximum Gasteiger partial charge on any atom is 0.191 e. The fourth-order valence-electron chi connectivity index (χ4n) is 2.77. The molecule has 8 heteroatoms. The van der Waals surface area contributed by atoms with Gasteiger partial charge in [0.25, 0.3) is 0 Å². The number of nitrogens with zero attached hydrogens (tertiary/aromatic N) is 5. The molecule has 0 saturated carbocycles. The van der Waals surface area contributed by atoms with Gasteiger partial charge in [-0.05, 0) is 32.4 Å². The summed E-state index contributed by atoms with van der Waals surface area (Å²) >= 11 is 0. The second-order valence-electron chi connectivity index (χ2n) is 6.86. The molecule has 2 rings (SSSR count). The Kier molecular flexibility index (Phi) is 11.5. The number of halogens is 1. The minimum Gasteiger partial charge on any atom is -0.375 e. The van der Waals surface area contributed by atoms with Gasteiger partial charge in [-0.2, -0.15) is 0 Å². The first-order valence-electron chi connectivity index (χ1n) is 9.77. The number of anilines is 1. The fourth-order valence-corrected chi connectivity index (χ4v) is 2.77. The van der Waals surface area contributed by atoms with Crippen LogP contribution in [0.3, 0.4) is 0 Å². The normalized spacial score (nSPS) is 11.2. The largest absolute Gasteiger partial charge is 0.375 e. The Morgan fingerprint density at radius 3 is 2.68 bits per heavy atom. The van der Waals surface area contributed by atoms with Gasteiger partial charge in [0.2, 0.25) is 0 Å². The Hall–Kier alpha value is -1.84.